The van der Waals surface area contributed by atoms with Gasteiger partial charge in [0.05, 0.1) is 4.47 Å². The number of hydrogen-bond donors (Lipinski definition) is 2. The Bertz CT molecular complexity index is 556. The van der Waals surface area contributed by atoms with Crippen LogP contribution in [0.5, 0.6) is 0 Å². The van der Waals surface area contributed by atoms with Gasteiger partial charge in [-0.05, 0) is 47.6 Å². The quantitative estimate of drug-likeness (QED) is 0.386. The molecule has 2 rings (SSSR count). The summed E-state index contributed by atoms with van der Waals surface area (Å²) in [4.78, 5) is 16.9. The monoisotopic (exact) mass is 326 g/mol. The molecule has 0 radical (unpaired) electrons. The van der Waals surface area contributed by atoms with Crippen molar-refractivity contribution in [1.82, 2.24) is 19.9 Å². The molecule has 0 saturated carbocycles. The van der Waals surface area contributed by atoms with Gasteiger partial charge in [0.25, 0.3) is 0 Å². The van der Waals surface area contributed by atoms with Crippen LogP contribution in [-0.4, -0.2) is 19.9 Å². The Kier molecular flexibility index (Phi) is 4.10. The summed E-state index contributed by atoms with van der Waals surface area (Å²) in [6, 6.07) is 1.92. The molecule has 0 atom stereocenters. The van der Waals surface area contributed by atoms with E-state index in [-0.39, 0.29) is 0 Å². The molecule has 0 spiro atoms. The molecular formula is C10H11BrN6S. The van der Waals surface area contributed by atoms with Crippen LogP contribution in [-0.2, 0) is 0 Å². The van der Waals surface area contributed by atoms with E-state index in [0.717, 1.165) is 15.9 Å². The summed E-state index contributed by atoms with van der Waals surface area (Å²) in [5, 5.41) is 1.36. The number of nitrogens with two attached hydrogens (primary N) is 1. The van der Waals surface area contributed by atoms with Crippen LogP contribution in [0.15, 0.2) is 26.9 Å². The number of nitrogen functional groups attached to an aromatic ring is 1. The van der Waals surface area contributed by atoms with Gasteiger partial charge in [0.1, 0.15) is 5.03 Å². The Morgan fingerprint density at radius 3 is 2.50 bits per heavy atom. The number of nitrogens with zero attached hydrogens (tertiary/aromatic N) is 4. The summed E-state index contributed by atoms with van der Waals surface area (Å²) in [7, 11) is 0. The van der Waals surface area contributed by atoms with E-state index in [1.54, 1.807) is 6.20 Å². The molecular weight excluding hydrogens is 316 g/mol. The largest absolute Gasteiger partial charge is 0.292 e. The van der Waals surface area contributed by atoms with Crippen molar-refractivity contribution < 1.29 is 0 Å². The van der Waals surface area contributed by atoms with Crippen molar-refractivity contribution in [2.45, 2.75) is 24.0 Å². The molecule has 2 heterocycles. The fourth-order valence-electron chi connectivity index (χ4n) is 1.32. The molecule has 6 nitrogen and oxygen atoms in total. The second-order valence-electron chi connectivity index (χ2n) is 3.53. The van der Waals surface area contributed by atoms with Crippen molar-refractivity contribution >= 4 is 33.6 Å². The van der Waals surface area contributed by atoms with Gasteiger partial charge in [-0.2, -0.15) is 0 Å². The van der Waals surface area contributed by atoms with E-state index in [2.05, 4.69) is 41.3 Å². The standard InChI is InChI=1S/C10H11BrN6S/c1-5-3-6(2)15-10(14-5)18-8-7(11)4-13-9(16-8)17-12/h3-4H,12H2,1-2H3,(H,13,16,17). The number of anilines is 1. The number of hydrogen-bond acceptors (Lipinski definition) is 7. The fourth-order valence-corrected chi connectivity index (χ4v) is 2.59. The Morgan fingerprint density at radius 1 is 1.22 bits per heavy atom. The summed E-state index contributed by atoms with van der Waals surface area (Å²) in [6.07, 6.45) is 1.63. The van der Waals surface area contributed by atoms with Crippen molar-refractivity contribution in [3.63, 3.8) is 0 Å². The second kappa shape index (κ2) is 5.59. The number of halogens is 1. The summed E-state index contributed by atoms with van der Waals surface area (Å²) < 4.78 is 0.772. The van der Waals surface area contributed by atoms with Crippen LogP contribution >= 0.6 is 27.7 Å². The van der Waals surface area contributed by atoms with Crippen molar-refractivity contribution in [3.8, 4) is 0 Å². The maximum Gasteiger partial charge on any atom is 0.238 e. The zero-order chi connectivity index (χ0) is 13.1. The van der Waals surface area contributed by atoms with E-state index in [1.165, 1.54) is 11.8 Å². The minimum absolute atomic E-state index is 0.352. The third-order valence-electron chi connectivity index (χ3n) is 1.99. The van der Waals surface area contributed by atoms with Gasteiger partial charge in [-0.25, -0.2) is 25.8 Å². The molecule has 0 saturated heterocycles. The van der Waals surface area contributed by atoms with Crippen LogP contribution < -0.4 is 11.3 Å². The first kappa shape index (κ1) is 13.2. The molecule has 0 fully saturated rings. The Morgan fingerprint density at radius 2 is 1.89 bits per heavy atom. The van der Waals surface area contributed by atoms with Crippen LogP contribution in [0.2, 0.25) is 0 Å². The van der Waals surface area contributed by atoms with Gasteiger partial charge in [0.2, 0.25) is 5.95 Å². The number of aromatic nitrogens is 4. The molecule has 18 heavy (non-hydrogen) atoms. The lowest BCUT2D eigenvalue weighted by Gasteiger charge is -2.05. The lowest BCUT2D eigenvalue weighted by molar-refractivity contribution is 0.896. The van der Waals surface area contributed by atoms with Crippen LogP contribution in [0.4, 0.5) is 5.95 Å². The first-order chi connectivity index (χ1) is 8.58. The maximum atomic E-state index is 5.28. The van der Waals surface area contributed by atoms with Crippen LogP contribution in [0.3, 0.4) is 0 Å². The lowest BCUT2D eigenvalue weighted by Crippen LogP contribution is -2.10. The summed E-state index contributed by atoms with van der Waals surface area (Å²) in [6.45, 7) is 3.86. The van der Waals surface area contributed by atoms with Gasteiger partial charge in [0.15, 0.2) is 5.16 Å². The lowest BCUT2D eigenvalue weighted by atomic mass is 10.4. The van der Waals surface area contributed by atoms with Crippen molar-refractivity contribution in [3.05, 3.63) is 28.1 Å². The minimum atomic E-state index is 0.352. The number of hydrazine groups is 1. The average molecular weight is 327 g/mol. The Balaban J connectivity index is 2.33. The summed E-state index contributed by atoms with van der Waals surface area (Å²) in [5.74, 6) is 5.63. The zero-order valence-electron chi connectivity index (χ0n) is 9.81. The molecule has 0 unspecified atom stereocenters. The predicted octanol–water partition coefficient (Wildman–Crippen LogP) is 2.08. The van der Waals surface area contributed by atoms with E-state index >= 15 is 0 Å². The maximum absolute atomic E-state index is 5.28. The molecule has 94 valence electrons. The van der Waals surface area contributed by atoms with Crippen molar-refractivity contribution in [2.75, 3.05) is 5.43 Å². The molecule has 3 N–H and O–H groups in total. The van der Waals surface area contributed by atoms with E-state index in [9.17, 15) is 0 Å². The van der Waals surface area contributed by atoms with E-state index < -0.39 is 0 Å². The highest BCUT2D eigenvalue weighted by Crippen LogP contribution is 2.30. The normalized spacial score (nSPS) is 10.4. The van der Waals surface area contributed by atoms with Crippen molar-refractivity contribution in [2.24, 2.45) is 5.84 Å². The third kappa shape index (κ3) is 3.15. The molecule has 2 aromatic heterocycles. The fraction of sp³-hybridized carbons (Fsp3) is 0.200. The number of aryl methyl sites for hydroxylation is 2. The van der Waals surface area contributed by atoms with Crippen LogP contribution in [0, 0.1) is 13.8 Å². The summed E-state index contributed by atoms with van der Waals surface area (Å²) >= 11 is 4.74. The van der Waals surface area contributed by atoms with Gasteiger partial charge in [-0.15, -0.1) is 0 Å². The van der Waals surface area contributed by atoms with Crippen LogP contribution in [0.1, 0.15) is 11.4 Å². The minimum Gasteiger partial charge on any atom is -0.292 e. The average Bonchev–Trinajstić information content (AvgIpc) is 2.30. The summed E-state index contributed by atoms with van der Waals surface area (Å²) in [5.41, 5.74) is 4.25. The first-order valence-electron chi connectivity index (χ1n) is 5.08. The van der Waals surface area contributed by atoms with E-state index in [1.807, 2.05) is 19.9 Å². The molecule has 0 aliphatic rings. The van der Waals surface area contributed by atoms with Gasteiger partial charge in [0, 0.05) is 17.6 Å². The molecule has 0 amide bonds. The highest BCUT2D eigenvalue weighted by atomic mass is 79.9. The molecule has 8 heteroatoms. The molecule has 0 aliphatic heterocycles. The van der Waals surface area contributed by atoms with Crippen LogP contribution in [0.25, 0.3) is 0 Å². The van der Waals surface area contributed by atoms with Gasteiger partial charge < -0.3 is 0 Å². The first-order valence-corrected chi connectivity index (χ1v) is 6.68. The van der Waals surface area contributed by atoms with E-state index in [4.69, 9.17) is 5.84 Å². The van der Waals surface area contributed by atoms with Gasteiger partial charge >= 0.3 is 0 Å². The van der Waals surface area contributed by atoms with Crippen molar-refractivity contribution in [1.29, 1.82) is 0 Å². The third-order valence-corrected chi connectivity index (χ3v) is 3.70. The molecule has 2 aromatic rings. The molecule has 0 aliphatic carbocycles. The van der Waals surface area contributed by atoms with Gasteiger partial charge in [-0.1, -0.05) is 0 Å². The zero-order valence-corrected chi connectivity index (χ0v) is 12.2. The number of rotatable bonds is 3. The molecule has 0 aromatic carbocycles. The Labute approximate surface area is 117 Å². The SMILES string of the molecule is Cc1cc(C)nc(Sc2nc(NN)ncc2Br)n1. The second-order valence-corrected chi connectivity index (χ2v) is 5.34. The number of nitrogens with one attached hydrogen (secondary N) is 1. The highest BCUT2D eigenvalue weighted by Gasteiger charge is 2.09. The van der Waals surface area contributed by atoms with E-state index in [0.29, 0.717) is 16.1 Å². The smallest absolute Gasteiger partial charge is 0.238 e. The predicted molar refractivity (Wildman–Crippen MR) is 73.2 cm³/mol. The molecule has 0 bridgehead atoms. The highest BCUT2D eigenvalue weighted by molar-refractivity contribution is 9.10. The Hall–Kier alpha value is -1.25. The van der Waals surface area contributed by atoms with Gasteiger partial charge in [-0.3, -0.25) is 5.43 Å². The topological polar surface area (TPSA) is 89.6 Å².